The van der Waals surface area contributed by atoms with Crippen LogP contribution in [0, 0.1) is 0 Å². The Hall–Kier alpha value is -2.58. The molecule has 2 aliphatic heterocycles. The molecule has 2 aromatic rings. The monoisotopic (exact) mass is 360 g/mol. The summed E-state index contributed by atoms with van der Waals surface area (Å²) in [5.41, 5.74) is 2.34. The SMILES string of the molecule is NS(=O)(=O)c1ccc2c(c1)CN(C(=O)c1ccc3c(c1)OCO3)CC2. The number of sulfonamides is 1. The molecule has 0 atom stereocenters. The summed E-state index contributed by atoms with van der Waals surface area (Å²) in [5, 5.41) is 5.19. The first-order valence-corrected chi connectivity index (χ1v) is 9.30. The van der Waals surface area contributed by atoms with Crippen molar-refractivity contribution in [2.24, 2.45) is 5.14 Å². The largest absolute Gasteiger partial charge is 0.454 e. The van der Waals surface area contributed by atoms with Gasteiger partial charge in [-0.15, -0.1) is 0 Å². The van der Waals surface area contributed by atoms with E-state index in [2.05, 4.69) is 0 Å². The molecule has 0 aliphatic carbocycles. The van der Waals surface area contributed by atoms with Crippen LogP contribution < -0.4 is 14.6 Å². The number of fused-ring (bicyclic) bond motifs is 2. The van der Waals surface area contributed by atoms with Gasteiger partial charge in [0.1, 0.15) is 0 Å². The number of benzene rings is 2. The van der Waals surface area contributed by atoms with E-state index < -0.39 is 10.0 Å². The van der Waals surface area contributed by atoms with E-state index in [-0.39, 0.29) is 17.6 Å². The van der Waals surface area contributed by atoms with Crippen molar-refractivity contribution >= 4 is 15.9 Å². The lowest BCUT2D eigenvalue weighted by atomic mass is 9.99. The molecule has 0 radical (unpaired) electrons. The molecule has 0 unspecified atom stereocenters. The van der Waals surface area contributed by atoms with Crippen LogP contribution in [0.15, 0.2) is 41.3 Å². The molecule has 0 saturated heterocycles. The normalized spacial score (nSPS) is 15.8. The van der Waals surface area contributed by atoms with Crippen molar-refractivity contribution < 1.29 is 22.7 Å². The number of hydrogen-bond donors (Lipinski definition) is 1. The van der Waals surface area contributed by atoms with Gasteiger partial charge in [-0.05, 0) is 47.9 Å². The Bertz CT molecular complexity index is 971. The smallest absolute Gasteiger partial charge is 0.254 e. The summed E-state index contributed by atoms with van der Waals surface area (Å²) in [6, 6.07) is 9.89. The average molecular weight is 360 g/mol. The summed E-state index contributed by atoms with van der Waals surface area (Å²) < 4.78 is 33.6. The Morgan fingerprint density at radius 1 is 1.04 bits per heavy atom. The average Bonchev–Trinajstić information content (AvgIpc) is 3.07. The number of hydrogen-bond acceptors (Lipinski definition) is 5. The van der Waals surface area contributed by atoms with Crippen LogP contribution >= 0.6 is 0 Å². The molecule has 0 aromatic heterocycles. The maximum absolute atomic E-state index is 12.8. The van der Waals surface area contributed by atoms with Crippen LogP contribution in [0.25, 0.3) is 0 Å². The fourth-order valence-electron chi connectivity index (χ4n) is 3.10. The molecule has 4 rings (SSSR count). The molecule has 0 fully saturated rings. The van der Waals surface area contributed by atoms with Crippen molar-refractivity contribution in [3.05, 3.63) is 53.1 Å². The zero-order valence-electron chi connectivity index (χ0n) is 13.3. The predicted octanol–water partition coefficient (Wildman–Crippen LogP) is 1.26. The first-order valence-electron chi connectivity index (χ1n) is 7.75. The third-order valence-electron chi connectivity index (χ3n) is 4.43. The highest BCUT2D eigenvalue weighted by Gasteiger charge is 2.25. The molecule has 2 aromatic carbocycles. The Labute approximate surface area is 145 Å². The lowest BCUT2D eigenvalue weighted by molar-refractivity contribution is 0.0734. The highest BCUT2D eigenvalue weighted by Crippen LogP contribution is 2.33. The molecule has 8 heteroatoms. The molecule has 25 heavy (non-hydrogen) atoms. The number of carbonyl (C=O) groups excluding carboxylic acids is 1. The van der Waals surface area contributed by atoms with Crippen LogP contribution in [0.5, 0.6) is 11.5 Å². The van der Waals surface area contributed by atoms with E-state index in [4.69, 9.17) is 14.6 Å². The molecule has 0 saturated carbocycles. The number of primary sulfonamides is 1. The second-order valence-electron chi connectivity index (χ2n) is 6.02. The van der Waals surface area contributed by atoms with Crippen LogP contribution in [0.2, 0.25) is 0 Å². The molecule has 2 N–H and O–H groups in total. The maximum Gasteiger partial charge on any atom is 0.254 e. The number of amides is 1. The van der Waals surface area contributed by atoms with Gasteiger partial charge in [-0.25, -0.2) is 13.6 Å². The highest BCUT2D eigenvalue weighted by atomic mass is 32.2. The van der Waals surface area contributed by atoms with Gasteiger partial charge in [-0.1, -0.05) is 6.07 Å². The Morgan fingerprint density at radius 3 is 2.64 bits per heavy atom. The molecule has 130 valence electrons. The van der Waals surface area contributed by atoms with E-state index in [1.165, 1.54) is 6.07 Å². The highest BCUT2D eigenvalue weighted by molar-refractivity contribution is 7.89. The van der Waals surface area contributed by atoms with Crippen molar-refractivity contribution in [2.45, 2.75) is 17.9 Å². The number of rotatable bonds is 2. The van der Waals surface area contributed by atoms with Crippen molar-refractivity contribution in [2.75, 3.05) is 13.3 Å². The van der Waals surface area contributed by atoms with E-state index in [0.717, 1.165) is 11.1 Å². The molecule has 7 nitrogen and oxygen atoms in total. The Kier molecular flexibility index (Phi) is 3.66. The van der Waals surface area contributed by atoms with Gasteiger partial charge in [0.2, 0.25) is 16.8 Å². The van der Waals surface area contributed by atoms with Gasteiger partial charge < -0.3 is 14.4 Å². The Morgan fingerprint density at radius 2 is 1.84 bits per heavy atom. The summed E-state index contributed by atoms with van der Waals surface area (Å²) in [5.74, 6) is 1.04. The molecule has 1 amide bonds. The van der Waals surface area contributed by atoms with Gasteiger partial charge in [-0.3, -0.25) is 4.79 Å². The van der Waals surface area contributed by atoms with Gasteiger partial charge in [0.05, 0.1) is 4.90 Å². The fraction of sp³-hybridized carbons (Fsp3) is 0.235. The van der Waals surface area contributed by atoms with Crippen LogP contribution in [0.1, 0.15) is 21.5 Å². The zero-order valence-corrected chi connectivity index (χ0v) is 14.1. The lowest BCUT2D eigenvalue weighted by Crippen LogP contribution is -2.36. The van der Waals surface area contributed by atoms with E-state index in [0.29, 0.717) is 36.6 Å². The topological polar surface area (TPSA) is 98.9 Å². The summed E-state index contributed by atoms with van der Waals surface area (Å²) in [6.07, 6.45) is 0.663. The van der Waals surface area contributed by atoms with E-state index in [9.17, 15) is 13.2 Å². The molecule has 0 spiro atoms. The second kappa shape index (κ2) is 5.75. The summed E-state index contributed by atoms with van der Waals surface area (Å²) in [7, 11) is -3.77. The first kappa shape index (κ1) is 15.9. The fourth-order valence-corrected chi connectivity index (χ4v) is 3.66. The van der Waals surface area contributed by atoms with Crippen LogP contribution in [-0.2, 0) is 23.0 Å². The minimum Gasteiger partial charge on any atom is -0.454 e. The molecule has 2 aliphatic rings. The van der Waals surface area contributed by atoms with Crippen LogP contribution in [0.4, 0.5) is 0 Å². The summed E-state index contributed by atoms with van der Waals surface area (Å²) >= 11 is 0. The minimum atomic E-state index is -3.77. The third-order valence-corrected chi connectivity index (χ3v) is 5.34. The minimum absolute atomic E-state index is 0.0589. The van der Waals surface area contributed by atoms with Crippen molar-refractivity contribution in [3.63, 3.8) is 0 Å². The molecular weight excluding hydrogens is 344 g/mol. The number of nitrogens with two attached hydrogens (primary N) is 1. The maximum atomic E-state index is 12.8. The van der Waals surface area contributed by atoms with Crippen molar-refractivity contribution in [1.82, 2.24) is 4.90 Å². The van der Waals surface area contributed by atoms with Gasteiger partial charge in [0.15, 0.2) is 11.5 Å². The predicted molar refractivity (Wildman–Crippen MR) is 88.8 cm³/mol. The molecule has 0 bridgehead atoms. The van der Waals surface area contributed by atoms with E-state index in [1.54, 1.807) is 35.2 Å². The Balaban J connectivity index is 1.60. The second-order valence-corrected chi connectivity index (χ2v) is 7.58. The first-order chi connectivity index (χ1) is 11.9. The number of carbonyl (C=O) groups is 1. The molecule has 2 heterocycles. The van der Waals surface area contributed by atoms with E-state index in [1.807, 2.05) is 0 Å². The van der Waals surface area contributed by atoms with Gasteiger partial charge in [0, 0.05) is 18.7 Å². The number of ether oxygens (including phenoxy) is 2. The summed E-state index contributed by atoms with van der Waals surface area (Å²) in [4.78, 5) is 14.5. The third kappa shape index (κ3) is 2.94. The number of nitrogens with zero attached hydrogens (tertiary/aromatic N) is 1. The van der Waals surface area contributed by atoms with E-state index >= 15 is 0 Å². The lowest BCUT2D eigenvalue weighted by Gasteiger charge is -2.29. The van der Waals surface area contributed by atoms with Gasteiger partial charge >= 0.3 is 0 Å². The van der Waals surface area contributed by atoms with Crippen molar-refractivity contribution in [3.8, 4) is 11.5 Å². The summed E-state index contributed by atoms with van der Waals surface area (Å²) in [6.45, 7) is 1.06. The van der Waals surface area contributed by atoms with Crippen LogP contribution in [-0.4, -0.2) is 32.6 Å². The molecular formula is C17H16N2O5S. The standard InChI is InChI=1S/C17H16N2O5S/c18-25(21,22)14-3-1-11-5-6-19(9-13(11)7-14)17(20)12-2-4-15-16(8-12)24-10-23-15/h1-4,7-8H,5-6,9-10H2,(H2,18,21,22). The van der Waals surface area contributed by atoms with Gasteiger partial charge in [0.25, 0.3) is 5.91 Å². The van der Waals surface area contributed by atoms with Crippen molar-refractivity contribution in [1.29, 1.82) is 0 Å². The van der Waals surface area contributed by atoms with Crippen LogP contribution in [0.3, 0.4) is 0 Å². The van der Waals surface area contributed by atoms with Gasteiger partial charge in [-0.2, -0.15) is 0 Å². The zero-order chi connectivity index (χ0) is 17.6. The quantitative estimate of drug-likeness (QED) is 0.869.